The Labute approximate surface area is 338 Å². The van der Waals surface area contributed by atoms with Crippen molar-refractivity contribution in [3.63, 3.8) is 0 Å². The molecule has 0 radical (unpaired) electrons. The van der Waals surface area contributed by atoms with Gasteiger partial charge in [-0.2, -0.15) is 22.6 Å². The smallest absolute Gasteiger partial charge is 0.376 e. The third-order valence-electron chi connectivity index (χ3n) is 11.0. The van der Waals surface area contributed by atoms with Crippen molar-refractivity contribution in [2.75, 3.05) is 13.1 Å². The Hall–Kier alpha value is -4.97. The lowest BCUT2D eigenvalue weighted by molar-refractivity contribution is -0.0494. The van der Waals surface area contributed by atoms with Crippen molar-refractivity contribution in [1.29, 1.82) is 0 Å². The van der Waals surface area contributed by atoms with Gasteiger partial charge >= 0.3 is 15.5 Å². The van der Waals surface area contributed by atoms with E-state index in [1.54, 1.807) is 48.5 Å². The molecule has 0 amide bonds. The van der Waals surface area contributed by atoms with Gasteiger partial charge in [0.15, 0.2) is 0 Å². The highest BCUT2D eigenvalue weighted by molar-refractivity contribution is 7.90. The van der Waals surface area contributed by atoms with Crippen LogP contribution in [0.25, 0.3) is 10.9 Å². The first kappa shape index (κ1) is 38.9. The van der Waals surface area contributed by atoms with Crippen molar-refractivity contribution in [3.05, 3.63) is 207 Å². The number of aliphatic hydroxyl groups is 1. The van der Waals surface area contributed by atoms with Crippen LogP contribution in [0.2, 0.25) is 10.0 Å². The molecule has 0 saturated carbocycles. The summed E-state index contributed by atoms with van der Waals surface area (Å²) in [5.74, 6) is -0.428. The molecule has 6 aromatic carbocycles. The molecule has 6 nitrogen and oxygen atoms in total. The molecule has 1 fully saturated rings. The molecular weight excluding hydrogens is 790 g/mol. The number of fused-ring (bicyclic) bond motifs is 1. The Bertz CT molecular complexity index is 2470. The number of alkyl halides is 3. The van der Waals surface area contributed by atoms with Crippen LogP contribution in [-0.2, 0) is 21.2 Å². The number of piperidine rings is 1. The van der Waals surface area contributed by atoms with Crippen LogP contribution in [0.15, 0.2) is 158 Å². The Balaban J connectivity index is 1.41. The van der Waals surface area contributed by atoms with Gasteiger partial charge in [-0.05, 0) is 82.6 Å². The lowest BCUT2D eigenvalue weighted by Crippen LogP contribution is -2.44. The van der Waals surface area contributed by atoms with Gasteiger partial charge in [0.25, 0.3) is 0 Å². The van der Waals surface area contributed by atoms with Gasteiger partial charge in [0.2, 0.25) is 0 Å². The molecule has 1 saturated heterocycles. The average molecular weight is 827 g/mol. The number of nitrogens with zero attached hydrogens (tertiary/aromatic N) is 3. The highest BCUT2D eigenvalue weighted by Crippen LogP contribution is 2.46. The summed E-state index contributed by atoms with van der Waals surface area (Å²) in [6, 6.07) is 49.4. The van der Waals surface area contributed by atoms with E-state index in [0.29, 0.717) is 47.6 Å². The molecule has 0 unspecified atom stereocenters. The minimum atomic E-state index is -5.51. The molecule has 57 heavy (non-hydrogen) atoms. The van der Waals surface area contributed by atoms with Gasteiger partial charge in [0, 0.05) is 34.4 Å². The SMILES string of the molecule is O=S(=O)(N1CCC(c2nn(C(c3ccccc3)(c3ccccc3)c3ccccc3)c3ccc(C(O)(c4ccc(Cl)cc4)c4ccc(Cl)cc4)cc23)CC1)C(F)(F)F. The quantitative estimate of drug-likeness (QED) is 0.147. The number of halogens is 5. The lowest BCUT2D eigenvalue weighted by atomic mass is 9.76. The number of hydrogen-bond donors (Lipinski definition) is 1. The zero-order chi connectivity index (χ0) is 40.0. The molecule has 1 N–H and O–H groups in total. The third-order valence-corrected chi connectivity index (χ3v) is 13.1. The fourth-order valence-corrected chi connectivity index (χ4v) is 9.46. The Kier molecular flexibility index (Phi) is 10.3. The van der Waals surface area contributed by atoms with Crippen LogP contribution < -0.4 is 0 Å². The van der Waals surface area contributed by atoms with Crippen molar-refractivity contribution >= 4 is 44.1 Å². The van der Waals surface area contributed by atoms with E-state index in [2.05, 4.69) is 0 Å². The first-order chi connectivity index (χ1) is 27.3. The molecule has 7 aromatic rings. The van der Waals surface area contributed by atoms with Gasteiger partial charge in [-0.1, -0.05) is 145 Å². The predicted molar refractivity (Wildman–Crippen MR) is 218 cm³/mol. The van der Waals surface area contributed by atoms with Gasteiger partial charge in [0.1, 0.15) is 11.1 Å². The maximum Gasteiger partial charge on any atom is 0.511 e. The van der Waals surface area contributed by atoms with Gasteiger partial charge in [0.05, 0.1) is 11.2 Å². The second-order valence-electron chi connectivity index (χ2n) is 14.2. The summed E-state index contributed by atoms with van der Waals surface area (Å²) in [4.78, 5) is 0. The second kappa shape index (κ2) is 15.1. The highest BCUT2D eigenvalue weighted by Gasteiger charge is 2.51. The lowest BCUT2D eigenvalue weighted by Gasteiger charge is -2.37. The predicted octanol–water partition coefficient (Wildman–Crippen LogP) is 10.5. The van der Waals surface area contributed by atoms with Crippen LogP contribution in [0, 0.1) is 0 Å². The second-order valence-corrected chi connectivity index (χ2v) is 17.0. The van der Waals surface area contributed by atoms with E-state index >= 15 is 0 Å². The monoisotopic (exact) mass is 825 g/mol. The zero-order valence-corrected chi connectivity index (χ0v) is 32.6. The number of benzene rings is 6. The van der Waals surface area contributed by atoms with E-state index in [1.165, 1.54) is 0 Å². The van der Waals surface area contributed by atoms with Crippen LogP contribution >= 0.6 is 23.2 Å². The molecule has 1 aliphatic heterocycles. The molecule has 2 heterocycles. The minimum absolute atomic E-state index is 0.0965. The number of sulfonamides is 1. The van der Waals surface area contributed by atoms with E-state index in [9.17, 15) is 26.7 Å². The zero-order valence-electron chi connectivity index (χ0n) is 30.3. The van der Waals surface area contributed by atoms with Gasteiger partial charge in [-0.15, -0.1) is 0 Å². The maximum atomic E-state index is 13.7. The summed E-state index contributed by atoms with van der Waals surface area (Å²) in [5.41, 5.74) is -2.57. The average Bonchev–Trinajstić information content (AvgIpc) is 3.61. The topological polar surface area (TPSA) is 75.4 Å². The van der Waals surface area contributed by atoms with E-state index in [1.807, 2.05) is 114 Å². The minimum Gasteiger partial charge on any atom is -0.376 e. The summed E-state index contributed by atoms with van der Waals surface area (Å²) in [5, 5.41) is 20.1. The molecule has 0 aliphatic carbocycles. The van der Waals surface area contributed by atoms with Gasteiger partial charge in [-0.25, -0.2) is 13.1 Å². The van der Waals surface area contributed by atoms with Crippen LogP contribution in [0.4, 0.5) is 13.2 Å². The molecular formula is C45H36Cl2F3N3O3S. The third kappa shape index (κ3) is 6.73. The van der Waals surface area contributed by atoms with E-state index in [4.69, 9.17) is 28.3 Å². The molecule has 1 aliphatic rings. The molecule has 8 rings (SSSR count). The molecule has 0 spiro atoms. The van der Waals surface area contributed by atoms with E-state index < -0.39 is 32.6 Å². The van der Waals surface area contributed by atoms with Crippen molar-refractivity contribution in [2.24, 2.45) is 0 Å². The fraction of sp³-hybridized carbons (Fsp3) is 0.178. The molecule has 0 bridgehead atoms. The van der Waals surface area contributed by atoms with Crippen molar-refractivity contribution in [3.8, 4) is 0 Å². The highest BCUT2D eigenvalue weighted by atomic mass is 35.5. The van der Waals surface area contributed by atoms with Crippen molar-refractivity contribution in [1.82, 2.24) is 14.1 Å². The standard InChI is InChI=1S/C45H36Cl2F3N3O3S/c46-38-21-16-35(17-22-38)44(54,36-18-23-39(47)24-19-36)37-20-25-41-40(30-37)42(31-26-28-52(29-27-31)57(55,56)45(48,49)50)51-53(41)43(32-10-4-1-5-11-32,33-12-6-2-7-13-33)34-14-8-3-9-15-34/h1-25,30-31,54H,26-29H2. The van der Waals surface area contributed by atoms with E-state index in [0.717, 1.165) is 16.7 Å². The summed E-state index contributed by atoms with van der Waals surface area (Å²) >= 11 is 12.6. The first-order valence-corrected chi connectivity index (χ1v) is 20.6. The van der Waals surface area contributed by atoms with E-state index in [-0.39, 0.29) is 25.9 Å². The number of hydrogen-bond acceptors (Lipinski definition) is 4. The van der Waals surface area contributed by atoms with Crippen LogP contribution in [-0.4, -0.2) is 46.2 Å². The number of aromatic nitrogens is 2. The van der Waals surface area contributed by atoms with Gasteiger partial charge < -0.3 is 5.11 Å². The summed E-state index contributed by atoms with van der Waals surface area (Å²) in [6.07, 6.45) is 0.193. The summed E-state index contributed by atoms with van der Waals surface area (Å²) in [7, 11) is -5.51. The van der Waals surface area contributed by atoms with Crippen LogP contribution in [0.5, 0.6) is 0 Å². The Morgan fingerprint density at radius 1 is 0.596 bits per heavy atom. The molecule has 0 atom stereocenters. The molecule has 1 aromatic heterocycles. The Morgan fingerprint density at radius 3 is 1.44 bits per heavy atom. The summed E-state index contributed by atoms with van der Waals surface area (Å²) in [6.45, 7) is -0.664. The number of rotatable bonds is 9. The van der Waals surface area contributed by atoms with Crippen molar-refractivity contribution < 1.29 is 26.7 Å². The fourth-order valence-electron chi connectivity index (χ4n) is 8.23. The summed E-state index contributed by atoms with van der Waals surface area (Å²) < 4.78 is 68.4. The first-order valence-electron chi connectivity index (χ1n) is 18.4. The largest absolute Gasteiger partial charge is 0.511 e. The van der Waals surface area contributed by atoms with Crippen LogP contribution in [0.3, 0.4) is 0 Å². The molecule has 290 valence electrons. The Morgan fingerprint density at radius 2 is 1.02 bits per heavy atom. The normalized spacial score (nSPS) is 14.9. The van der Waals surface area contributed by atoms with Crippen LogP contribution in [0.1, 0.15) is 57.8 Å². The van der Waals surface area contributed by atoms with Crippen molar-refractivity contribution in [2.45, 2.75) is 35.4 Å². The van der Waals surface area contributed by atoms with Gasteiger partial charge in [-0.3, -0.25) is 0 Å². The maximum absolute atomic E-state index is 13.7. The molecule has 12 heteroatoms.